The summed E-state index contributed by atoms with van der Waals surface area (Å²) in [5.74, 6) is -0.430. The molecule has 6 heteroatoms. The Hall–Kier alpha value is -1.92. The molecule has 126 valence electrons. The van der Waals surface area contributed by atoms with E-state index in [9.17, 15) is 9.59 Å². The molecule has 0 aromatic heterocycles. The van der Waals surface area contributed by atoms with Crippen LogP contribution in [0.15, 0.2) is 24.3 Å². The number of ether oxygens (including phenoxy) is 1. The smallest absolute Gasteiger partial charge is 0.253 e. The van der Waals surface area contributed by atoms with E-state index in [1.807, 2.05) is 31.2 Å². The van der Waals surface area contributed by atoms with Gasteiger partial charge in [0.05, 0.1) is 0 Å². The lowest BCUT2D eigenvalue weighted by Crippen LogP contribution is -2.38. The van der Waals surface area contributed by atoms with Gasteiger partial charge in [0.2, 0.25) is 5.91 Å². The first kappa shape index (κ1) is 17.4. The minimum atomic E-state index is -0.356. The molecule has 4 N–H and O–H groups in total. The first-order chi connectivity index (χ1) is 11.0. The van der Waals surface area contributed by atoms with Gasteiger partial charge in [-0.05, 0) is 37.5 Å². The number of anilines is 1. The van der Waals surface area contributed by atoms with E-state index in [-0.39, 0.29) is 29.9 Å². The van der Waals surface area contributed by atoms with Crippen molar-refractivity contribution in [2.24, 2.45) is 11.7 Å². The van der Waals surface area contributed by atoms with Crippen molar-refractivity contribution < 1.29 is 14.3 Å². The fourth-order valence-corrected chi connectivity index (χ4v) is 2.36. The molecule has 1 aliphatic heterocycles. The van der Waals surface area contributed by atoms with E-state index < -0.39 is 0 Å². The van der Waals surface area contributed by atoms with Gasteiger partial charge < -0.3 is 21.1 Å². The van der Waals surface area contributed by atoms with Crippen molar-refractivity contribution in [1.29, 1.82) is 0 Å². The van der Waals surface area contributed by atoms with Gasteiger partial charge in [-0.25, -0.2) is 0 Å². The van der Waals surface area contributed by atoms with Crippen LogP contribution in [0.2, 0.25) is 0 Å². The molecular weight excluding hydrogens is 294 g/mol. The van der Waals surface area contributed by atoms with Gasteiger partial charge in [0.25, 0.3) is 5.91 Å². The Labute approximate surface area is 136 Å². The molecule has 0 spiro atoms. The zero-order chi connectivity index (χ0) is 16.8. The summed E-state index contributed by atoms with van der Waals surface area (Å²) < 4.78 is 5.36. The third-order valence-electron chi connectivity index (χ3n) is 4.09. The van der Waals surface area contributed by atoms with Crippen LogP contribution in [0.4, 0.5) is 5.69 Å². The third-order valence-corrected chi connectivity index (χ3v) is 4.09. The topological polar surface area (TPSA) is 93.5 Å². The summed E-state index contributed by atoms with van der Waals surface area (Å²) in [6, 6.07) is 7.24. The second kappa shape index (κ2) is 8.08. The predicted molar refractivity (Wildman–Crippen MR) is 88.7 cm³/mol. The maximum absolute atomic E-state index is 12.0. The molecule has 1 aromatic rings. The molecule has 3 unspecified atom stereocenters. The van der Waals surface area contributed by atoms with Gasteiger partial charge in [-0.1, -0.05) is 19.1 Å². The molecule has 0 aliphatic carbocycles. The number of carbonyl (C=O) groups is 2. The Bertz CT molecular complexity index is 554. The van der Waals surface area contributed by atoms with Gasteiger partial charge in [0.15, 0.2) is 0 Å². The van der Waals surface area contributed by atoms with Gasteiger partial charge in [-0.15, -0.1) is 0 Å². The van der Waals surface area contributed by atoms with Crippen LogP contribution >= 0.6 is 0 Å². The van der Waals surface area contributed by atoms with E-state index >= 15 is 0 Å². The SMILES string of the molecule is CC(N)C(C)C(=O)NCc1cccc(NC(=O)C2CCCO2)c1. The highest BCUT2D eigenvalue weighted by molar-refractivity contribution is 5.94. The largest absolute Gasteiger partial charge is 0.368 e. The summed E-state index contributed by atoms with van der Waals surface area (Å²) in [7, 11) is 0. The fourth-order valence-electron chi connectivity index (χ4n) is 2.36. The Morgan fingerprint density at radius 2 is 2.17 bits per heavy atom. The average Bonchev–Trinajstić information content (AvgIpc) is 3.06. The van der Waals surface area contributed by atoms with E-state index in [1.54, 1.807) is 6.92 Å². The van der Waals surface area contributed by atoms with E-state index in [1.165, 1.54) is 0 Å². The minimum Gasteiger partial charge on any atom is -0.368 e. The first-order valence-electron chi connectivity index (χ1n) is 8.02. The van der Waals surface area contributed by atoms with E-state index in [0.29, 0.717) is 18.8 Å². The molecule has 2 rings (SSSR count). The second-order valence-electron chi connectivity index (χ2n) is 6.06. The number of nitrogens with two attached hydrogens (primary N) is 1. The quantitative estimate of drug-likeness (QED) is 0.739. The molecule has 23 heavy (non-hydrogen) atoms. The van der Waals surface area contributed by atoms with Crippen LogP contribution in [-0.4, -0.2) is 30.6 Å². The van der Waals surface area contributed by atoms with Crippen molar-refractivity contribution in [1.82, 2.24) is 5.32 Å². The Morgan fingerprint density at radius 1 is 1.39 bits per heavy atom. The molecule has 6 nitrogen and oxygen atoms in total. The van der Waals surface area contributed by atoms with Crippen LogP contribution in [0.5, 0.6) is 0 Å². The van der Waals surface area contributed by atoms with Crippen LogP contribution in [0, 0.1) is 5.92 Å². The van der Waals surface area contributed by atoms with Crippen LogP contribution in [0.1, 0.15) is 32.3 Å². The summed E-state index contributed by atoms with van der Waals surface area (Å²) in [4.78, 5) is 24.0. The molecule has 3 atom stereocenters. The van der Waals surface area contributed by atoms with Crippen molar-refractivity contribution >= 4 is 17.5 Å². The van der Waals surface area contributed by atoms with Crippen LogP contribution in [0.25, 0.3) is 0 Å². The lowest BCUT2D eigenvalue weighted by atomic mass is 10.0. The van der Waals surface area contributed by atoms with Crippen LogP contribution in [-0.2, 0) is 20.9 Å². The highest BCUT2D eigenvalue weighted by Gasteiger charge is 2.23. The van der Waals surface area contributed by atoms with Crippen molar-refractivity contribution in [2.75, 3.05) is 11.9 Å². The minimum absolute atomic E-state index is 0.0752. The highest BCUT2D eigenvalue weighted by Crippen LogP contribution is 2.16. The van der Waals surface area contributed by atoms with Crippen LogP contribution in [0.3, 0.4) is 0 Å². The molecular formula is C17H25N3O3. The molecule has 0 radical (unpaired) electrons. The summed E-state index contributed by atoms with van der Waals surface area (Å²) in [6.07, 6.45) is 1.32. The summed E-state index contributed by atoms with van der Waals surface area (Å²) in [6.45, 7) is 4.66. The highest BCUT2D eigenvalue weighted by atomic mass is 16.5. The fraction of sp³-hybridized carbons (Fsp3) is 0.529. The summed E-state index contributed by atoms with van der Waals surface area (Å²) in [5, 5.41) is 5.72. The van der Waals surface area contributed by atoms with Crippen molar-refractivity contribution in [3.8, 4) is 0 Å². The molecule has 0 bridgehead atoms. The lowest BCUT2D eigenvalue weighted by molar-refractivity contribution is -0.125. The zero-order valence-corrected chi connectivity index (χ0v) is 13.7. The normalized spacial score (nSPS) is 19.9. The van der Waals surface area contributed by atoms with Crippen LogP contribution < -0.4 is 16.4 Å². The standard InChI is InChI=1S/C17H25N3O3/c1-11(12(2)18)16(21)19-10-13-5-3-6-14(9-13)20-17(22)15-7-4-8-23-15/h3,5-6,9,11-12,15H,4,7-8,10,18H2,1-2H3,(H,19,21)(H,20,22). The van der Waals surface area contributed by atoms with Gasteiger partial charge in [-0.2, -0.15) is 0 Å². The molecule has 0 saturated carbocycles. The number of nitrogens with one attached hydrogen (secondary N) is 2. The van der Waals surface area contributed by atoms with E-state index in [0.717, 1.165) is 18.4 Å². The number of hydrogen-bond acceptors (Lipinski definition) is 4. The van der Waals surface area contributed by atoms with Gasteiger partial charge in [0.1, 0.15) is 6.10 Å². The van der Waals surface area contributed by atoms with Gasteiger partial charge >= 0.3 is 0 Å². The van der Waals surface area contributed by atoms with Gasteiger partial charge in [0, 0.05) is 30.8 Å². The molecule has 1 heterocycles. The molecule has 2 amide bonds. The van der Waals surface area contributed by atoms with Gasteiger partial charge in [-0.3, -0.25) is 9.59 Å². The van der Waals surface area contributed by atoms with Crippen molar-refractivity contribution in [3.05, 3.63) is 29.8 Å². The predicted octanol–water partition coefficient (Wildman–Crippen LogP) is 1.40. The number of carbonyl (C=O) groups excluding carboxylic acids is 2. The Morgan fingerprint density at radius 3 is 2.83 bits per heavy atom. The maximum Gasteiger partial charge on any atom is 0.253 e. The molecule has 1 fully saturated rings. The first-order valence-corrected chi connectivity index (χ1v) is 8.02. The van der Waals surface area contributed by atoms with E-state index in [2.05, 4.69) is 10.6 Å². The van der Waals surface area contributed by atoms with E-state index in [4.69, 9.17) is 10.5 Å². The maximum atomic E-state index is 12.0. The lowest BCUT2D eigenvalue weighted by Gasteiger charge is -2.16. The average molecular weight is 319 g/mol. The number of amides is 2. The third kappa shape index (κ3) is 5.04. The zero-order valence-electron chi connectivity index (χ0n) is 13.7. The summed E-state index contributed by atoms with van der Waals surface area (Å²) >= 11 is 0. The summed E-state index contributed by atoms with van der Waals surface area (Å²) in [5.41, 5.74) is 7.35. The Kier molecular flexibility index (Phi) is 6.12. The van der Waals surface area contributed by atoms with Crippen molar-refractivity contribution in [3.63, 3.8) is 0 Å². The number of benzene rings is 1. The Balaban J connectivity index is 1.89. The molecule has 1 aromatic carbocycles. The molecule has 1 aliphatic rings. The number of hydrogen-bond donors (Lipinski definition) is 3. The van der Waals surface area contributed by atoms with Crippen molar-refractivity contribution in [2.45, 2.75) is 45.4 Å². The second-order valence-corrected chi connectivity index (χ2v) is 6.06. The monoisotopic (exact) mass is 319 g/mol. The molecule has 1 saturated heterocycles. The number of rotatable bonds is 6.